The van der Waals surface area contributed by atoms with Gasteiger partial charge in [-0.15, -0.1) is 0 Å². The molecule has 1 saturated heterocycles. The lowest BCUT2D eigenvalue weighted by Gasteiger charge is -2.31. The van der Waals surface area contributed by atoms with Crippen molar-refractivity contribution in [3.05, 3.63) is 89.2 Å². The number of amides is 5. The Balaban J connectivity index is 1.60. The summed E-state index contributed by atoms with van der Waals surface area (Å²) < 4.78 is 18.6. The van der Waals surface area contributed by atoms with Crippen LogP contribution in [0.3, 0.4) is 0 Å². The van der Waals surface area contributed by atoms with E-state index in [2.05, 4.69) is 16.0 Å². The van der Waals surface area contributed by atoms with E-state index in [0.717, 1.165) is 17.0 Å². The molecule has 1 fully saturated rings. The van der Waals surface area contributed by atoms with Crippen LogP contribution in [-0.2, 0) is 9.59 Å². The van der Waals surface area contributed by atoms with Crippen molar-refractivity contribution in [2.45, 2.75) is 18.6 Å². The van der Waals surface area contributed by atoms with Crippen molar-refractivity contribution in [2.24, 2.45) is 0 Å². The Labute approximate surface area is 239 Å². The molecular weight excluding hydrogens is 557 g/mol. The van der Waals surface area contributed by atoms with Gasteiger partial charge in [-0.05, 0) is 60.2 Å². The number of benzene rings is 3. The summed E-state index contributed by atoms with van der Waals surface area (Å²) in [6.45, 7) is 0.00382. The van der Waals surface area contributed by atoms with Crippen LogP contribution < -0.4 is 20.7 Å². The summed E-state index contributed by atoms with van der Waals surface area (Å²) in [4.78, 5) is 54.2. The Hall–Kier alpha value is -4.84. The molecule has 3 aromatic rings. The Bertz CT molecular complexity index is 1420. The zero-order chi connectivity index (χ0) is 29.5. The monoisotopic (exact) mass is 583 g/mol. The lowest BCUT2D eigenvalue weighted by atomic mass is 10.0. The highest BCUT2D eigenvalue weighted by Gasteiger charge is 2.43. The normalized spacial score (nSPS) is 15.1. The number of hydrogen-bond donors (Lipinski definition) is 4. The fraction of sp³-hybridized carbons (Fsp3) is 0.214. The Kier molecular flexibility index (Phi) is 9.25. The number of ether oxygens (including phenoxy) is 1. The second-order valence-electron chi connectivity index (χ2n) is 9.07. The van der Waals surface area contributed by atoms with Crippen LogP contribution in [0.25, 0.3) is 0 Å². The number of carboxylic acids is 1. The summed E-state index contributed by atoms with van der Waals surface area (Å²) in [5, 5.41) is 17.8. The highest BCUT2D eigenvalue weighted by Crippen LogP contribution is 2.24. The molecule has 4 N–H and O–H groups in total. The molecule has 0 saturated carbocycles. The molecule has 2 unspecified atom stereocenters. The average molecular weight is 584 g/mol. The summed E-state index contributed by atoms with van der Waals surface area (Å²) in [5.41, 5.74) is 1.13. The molecule has 4 rings (SSSR count). The Morgan fingerprint density at radius 3 is 2.12 bits per heavy atom. The van der Waals surface area contributed by atoms with Crippen LogP contribution >= 0.6 is 11.6 Å². The molecule has 1 aliphatic rings. The molecule has 2 atom stereocenters. The Morgan fingerprint density at radius 1 is 0.951 bits per heavy atom. The first kappa shape index (κ1) is 29.2. The molecule has 0 aromatic heterocycles. The van der Waals surface area contributed by atoms with E-state index in [1.807, 2.05) is 0 Å². The highest BCUT2D eigenvalue weighted by molar-refractivity contribution is 6.30. The first-order valence-corrected chi connectivity index (χ1v) is 12.8. The predicted molar refractivity (Wildman–Crippen MR) is 149 cm³/mol. The molecule has 0 spiro atoms. The van der Waals surface area contributed by atoms with Crippen molar-refractivity contribution in [1.29, 1.82) is 0 Å². The number of aliphatic carboxylic acids is 1. The molecule has 13 heteroatoms. The summed E-state index contributed by atoms with van der Waals surface area (Å²) in [6.07, 6.45) is -1.96. The van der Waals surface area contributed by atoms with Crippen molar-refractivity contribution >= 4 is 46.9 Å². The number of halogens is 2. The molecule has 5 amide bonds. The minimum atomic E-state index is -1.44. The summed E-state index contributed by atoms with van der Waals surface area (Å²) >= 11 is 6.03. The number of hydrogen-bond acceptors (Lipinski definition) is 5. The minimum Gasteiger partial charge on any atom is -0.497 e. The SMILES string of the molecule is COc1ccc(NC(=O)N2CCN(C(=O)Nc3cccc(Cl)c3)C2C(=O)NC(CC(=O)O)c2ccc(F)cc2)cc1. The fourth-order valence-corrected chi connectivity index (χ4v) is 4.53. The van der Waals surface area contributed by atoms with Gasteiger partial charge in [0.05, 0.1) is 19.6 Å². The second-order valence-corrected chi connectivity index (χ2v) is 9.51. The molecule has 41 heavy (non-hydrogen) atoms. The van der Waals surface area contributed by atoms with Gasteiger partial charge in [0, 0.05) is 29.5 Å². The molecule has 11 nitrogen and oxygen atoms in total. The number of nitrogens with one attached hydrogen (secondary N) is 3. The fourth-order valence-electron chi connectivity index (χ4n) is 4.34. The van der Waals surface area contributed by atoms with E-state index in [0.29, 0.717) is 27.7 Å². The van der Waals surface area contributed by atoms with E-state index in [4.69, 9.17) is 16.3 Å². The lowest BCUT2D eigenvalue weighted by molar-refractivity contribution is -0.138. The summed E-state index contributed by atoms with van der Waals surface area (Å²) in [5.74, 6) is -1.97. The number of carboxylic acid groups (broad SMARTS) is 1. The quantitative estimate of drug-likeness (QED) is 0.307. The van der Waals surface area contributed by atoms with Gasteiger partial charge in [-0.1, -0.05) is 29.8 Å². The van der Waals surface area contributed by atoms with Gasteiger partial charge in [0.25, 0.3) is 5.91 Å². The van der Waals surface area contributed by atoms with Gasteiger partial charge in [0.15, 0.2) is 6.17 Å². The number of carbonyl (C=O) groups is 4. The van der Waals surface area contributed by atoms with Gasteiger partial charge in [-0.3, -0.25) is 19.4 Å². The molecule has 0 aliphatic carbocycles. The molecule has 1 aliphatic heterocycles. The summed E-state index contributed by atoms with van der Waals surface area (Å²) in [6, 6.07) is 15.5. The third-order valence-electron chi connectivity index (χ3n) is 6.31. The molecular formula is C28H27ClFN5O6. The van der Waals surface area contributed by atoms with Crippen LogP contribution in [0.2, 0.25) is 5.02 Å². The van der Waals surface area contributed by atoms with E-state index in [-0.39, 0.29) is 13.1 Å². The number of carbonyl (C=O) groups excluding carboxylic acids is 3. The first-order chi connectivity index (χ1) is 19.6. The molecule has 0 radical (unpaired) electrons. The number of nitrogens with zero attached hydrogens (tertiary/aromatic N) is 2. The van der Waals surface area contributed by atoms with Gasteiger partial charge in [-0.25, -0.2) is 14.0 Å². The highest BCUT2D eigenvalue weighted by atomic mass is 35.5. The topological polar surface area (TPSA) is 140 Å². The summed E-state index contributed by atoms with van der Waals surface area (Å²) in [7, 11) is 1.51. The Morgan fingerprint density at radius 2 is 1.56 bits per heavy atom. The molecule has 1 heterocycles. The maximum absolute atomic E-state index is 13.7. The number of rotatable bonds is 8. The zero-order valence-electron chi connectivity index (χ0n) is 21.8. The van der Waals surface area contributed by atoms with Gasteiger partial charge in [0.1, 0.15) is 11.6 Å². The van der Waals surface area contributed by atoms with E-state index >= 15 is 0 Å². The van der Waals surface area contributed by atoms with Gasteiger partial charge in [-0.2, -0.15) is 0 Å². The largest absolute Gasteiger partial charge is 0.497 e. The molecule has 214 valence electrons. The van der Waals surface area contributed by atoms with Crippen LogP contribution in [0.4, 0.5) is 25.4 Å². The van der Waals surface area contributed by atoms with Crippen LogP contribution in [0.5, 0.6) is 5.75 Å². The number of methoxy groups -OCH3 is 1. The van der Waals surface area contributed by atoms with Crippen molar-refractivity contribution in [2.75, 3.05) is 30.8 Å². The van der Waals surface area contributed by atoms with E-state index in [9.17, 15) is 28.7 Å². The standard InChI is InChI=1S/C28H27ClFN5O6/c1-41-22-11-9-20(10-12-22)31-27(39)34-13-14-35(28(40)32-21-4-2-3-18(29)15-21)26(34)25(38)33-23(16-24(36)37)17-5-7-19(30)8-6-17/h2-12,15,23,26H,13-14,16H2,1H3,(H,31,39)(H,32,40)(H,33,38)(H,36,37). The number of anilines is 2. The van der Waals surface area contributed by atoms with E-state index < -0.39 is 48.4 Å². The molecule has 3 aromatic carbocycles. The zero-order valence-corrected chi connectivity index (χ0v) is 22.6. The van der Waals surface area contributed by atoms with Crippen LogP contribution in [-0.4, -0.2) is 65.2 Å². The van der Waals surface area contributed by atoms with Crippen molar-refractivity contribution < 1.29 is 33.4 Å². The number of urea groups is 2. The van der Waals surface area contributed by atoms with Crippen molar-refractivity contribution in [1.82, 2.24) is 15.1 Å². The van der Waals surface area contributed by atoms with Gasteiger partial charge >= 0.3 is 18.0 Å². The van der Waals surface area contributed by atoms with Gasteiger partial charge in [0.2, 0.25) is 0 Å². The van der Waals surface area contributed by atoms with Crippen LogP contribution in [0, 0.1) is 5.82 Å². The van der Waals surface area contributed by atoms with E-state index in [1.165, 1.54) is 30.2 Å². The van der Waals surface area contributed by atoms with Crippen molar-refractivity contribution in [3.8, 4) is 5.75 Å². The second kappa shape index (κ2) is 13.0. The molecule has 0 bridgehead atoms. The maximum atomic E-state index is 13.7. The lowest BCUT2D eigenvalue weighted by Crippen LogP contribution is -2.56. The minimum absolute atomic E-state index is 0.000658. The van der Waals surface area contributed by atoms with Crippen LogP contribution in [0.15, 0.2) is 72.8 Å². The van der Waals surface area contributed by atoms with Crippen molar-refractivity contribution in [3.63, 3.8) is 0 Å². The maximum Gasteiger partial charge on any atom is 0.323 e. The average Bonchev–Trinajstić information content (AvgIpc) is 3.39. The third kappa shape index (κ3) is 7.42. The smallest absolute Gasteiger partial charge is 0.323 e. The predicted octanol–water partition coefficient (Wildman–Crippen LogP) is 4.53. The third-order valence-corrected chi connectivity index (χ3v) is 6.55. The van der Waals surface area contributed by atoms with Crippen LogP contribution in [0.1, 0.15) is 18.0 Å². The van der Waals surface area contributed by atoms with Gasteiger partial charge < -0.3 is 25.8 Å². The first-order valence-electron chi connectivity index (χ1n) is 12.5. The van der Waals surface area contributed by atoms with E-state index in [1.54, 1.807) is 42.5 Å².